The molecule has 2 heteroatoms. The summed E-state index contributed by atoms with van der Waals surface area (Å²) in [6, 6.07) is 11.5. The maximum atomic E-state index is 3.58. The van der Waals surface area contributed by atoms with Crippen molar-refractivity contribution in [3.8, 4) is 0 Å². The van der Waals surface area contributed by atoms with E-state index in [1.54, 1.807) is 0 Å². The number of hydrogen-bond donors (Lipinski definition) is 1. The van der Waals surface area contributed by atoms with Crippen molar-refractivity contribution in [2.45, 2.75) is 51.6 Å². The molecule has 0 spiro atoms. The van der Waals surface area contributed by atoms with Crippen molar-refractivity contribution in [3.63, 3.8) is 0 Å². The van der Waals surface area contributed by atoms with Gasteiger partial charge in [0.2, 0.25) is 0 Å². The maximum absolute atomic E-state index is 3.58. The summed E-state index contributed by atoms with van der Waals surface area (Å²) >= 11 is 0. The molecular weight excluding hydrogens is 232 g/mol. The molecule has 1 saturated heterocycles. The predicted molar refractivity (Wildman–Crippen MR) is 82.5 cm³/mol. The fraction of sp³-hybridized carbons (Fsp3) is 0.647. The minimum absolute atomic E-state index is 0.288. The maximum Gasteiger partial charge on any atom is 0.0166 e. The second-order valence-corrected chi connectivity index (χ2v) is 6.45. The Kier molecular flexibility index (Phi) is 5.00. The first kappa shape index (κ1) is 14.5. The largest absolute Gasteiger partial charge is 0.313 e. The monoisotopic (exact) mass is 260 g/mol. The van der Waals surface area contributed by atoms with Gasteiger partial charge in [-0.1, -0.05) is 30.3 Å². The lowest BCUT2D eigenvalue weighted by atomic mass is 9.92. The zero-order valence-electron chi connectivity index (χ0n) is 12.7. The third-order valence-corrected chi connectivity index (χ3v) is 4.32. The van der Waals surface area contributed by atoms with E-state index in [-0.39, 0.29) is 5.54 Å². The van der Waals surface area contributed by atoms with Crippen molar-refractivity contribution in [2.24, 2.45) is 0 Å². The highest BCUT2D eigenvalue weighted by Gasteiger charge is 2.28. The van der Waals surface area contributed by atoms with Crippen LogP contribution in [0, 0.1) is 0 Å². The molecule has 1 aliphatic rings. The minimum atomic E-state index is 0.288. The summed E-state index contributed by atoms with van der Waals surface area (Å²) < 4.78 is 0. The summed E-state index contributed by atoms with van der Waals surface area (Å²) in [5.74, 6) is 0. The van der Waals surface area contributed by atoms with Gasteiger partial charge in [0, 0.05) is 18.1 Å². The molecule has 0 saturated carbocycles. The molecule has 2 rings (SSSR count). The molecule has 0 aromatic heterocycles. The van der Waals surface area contributed by atoms with Gasteiger partial charge >= 0.3 is 0 Å². The van der Waals surface area contributed by atoms with Gasteiger partial charge in [-0.15, -0.1) is 0 Å². The van der Waals surface area contributed by atoms with Gasteiger partial charge in [0.15, 0.2) is 0 Å². The van der Waals surface area contributed by atoms with E-state index >= 15 is 0 Å². The van der Waals surface area contributed by atoms with Crippen LogP contribution in [0.2, 0.25) is 0 Å². The van der Waals surface area contributed by atoms with E-state index in [1.165, 1.54) is 37.9 Å². The summed E-state index contributed by atoms with van der Waals surface area (Å²) in [7, 11) is 0. The Morgan fingerprint density at radius 3 is 2.74 bits per heavy atom. The van der Waals surface area contributed by atoms with Gasteiger partial charge in [0.25, 0.3) is 0 Å². The first-order valence-electron chi connectivity index (χ1n) is 7.60. The molecule has 1 heterocycles. The van der Waals surface area contributed by atoms with Crippen molar-refractivity contribution in [1.82, 2.24) is 10.2 Å². The van der Waals surface area contributed by atoms with Crippen molar-refractivity contribution < 1.29 is 0 Å². The SMILES string of the molecule is CC1CN(C(C)(C)CCc2ccccc2)CCCN1. The lowest BCUT2D eigenvalue weighted by Gasteiger charge is -2.39. The molecule has 0 aliphatic carbocycles. The van der Waals surface area contributed by atoms with Crippen LogP contribution < -0.4 is 5.32 Å². The molecule has 19 heavy (non-hydrogen) atoms. The van der Waals surface area contributed by atoms with Gasteiger partial charge in [-0.25, -0.2) is 0 Å². The Balaban J connectivity index is 1.93. The normalized spacial score (nSPS) is 22.2. The van der Waals surface area contributed by atoms with E-state index in [1.807, 2.05) is 0 Å². The van der Waals surface area contributed by atoms with Gasteiger partial charge in [0.1, 0.15) is 0 Å². The van der Waals surface area contributed by atoms with Crippen LogP contribution in [-0.4, -0.2) is 36.1 Å². The second kappa shape index (κ2) is 6.53. The Hall–Kier alpha value is -0.860. The lowest BCUT2D eigenvalue weighted by molar-refractivity contribution is 0.111. The van der Waals surface area contributed by atoms with Crippen molar-refractivity contribution in [2.75, 3.05) is 19.6 Å². The molecule has 106 valence electrons. The van der Waals surface area contributed by atoms with Gasteiger partial charge in [-0.3, -0.25) is 4.90 Å². The number of aryl methyl sites for hydroxylation is 1. The first-order chi connectivity index (χ1) is 9.08. The molecule has 0 radical (unpaired) electrons. The first-order valence-corrected chi connectivity index (χ1v) is 7.60. The number of benzene rings is 1. The fourth-order valence-corrected chi connectivity index (χ4v) is 2.91. The van der Waals surface area contributed by atoms with E-state index in [9.17, 15) is 0 Å². The highest BCUT2D eigenvalue weighted by atomic mass is 15.2. The van der Waals surface area contributed by atoms with E-state index in [2.05, 4.69) is 61.3 Å². The molecule has 1 aliphatic heterocycles. The Labute approximate surface area is 118 Å². The van der Waals surface area contributed by atoms with Crippen LogP contribution in [-0.2, 0) is 6.42 Å². The molecule has 1 aromatic carbocycles. The van der Waals surface area contributed by atoms with Gasteiger partial charge in [-0.05, 0) is 58.7 Å². The number of rotatable bonds is 4. The number of hydrogen-bond acceptors (Lipinski definition) is 2. The Morgan fingerprint density at radius 1 is 1.26 bits per heavy atom. The van der Waals surface area contributed by atoms with Gasteiger partial charge < -0.3 is 5.32 Å². The molecule has 1 fully saturated rings. The zero-order chi connectivity index (χ0) is 13.7. The molecule has 1 aromatic rings. The molecule has 0 amide bonds. The van der Waals surface area contributed by atoms with Crippen LogP contribution in [0.25, 0.3) is 0 Å². The standard InChI is InChI=1S/C17H28N2/c1-15-14-19(13-7-12-18-15)17(2,3)11-10-16-8-5-4-6-9-16/h4-6,8-9,15,18H,7,10-14H2,1-3H3. The minimum Gasteiger partial charge on any atom is -0.313 e. The smallest absolute Gasteiger partial charge is 0.0166 e. The number of nitrogens with one attached hydrogen (secondary N) is 1. The summed E-state index contributed by atoms with van der Waals surface area (Å²) in [6.45, 7) is 10.6. The average molecular weight is 260 g/mol. The highest BCUT2D eigenvalue weighted by molar-refractivity contribution is 5.15. The Morgan fingerprint density at radius 2 is 2.00 bits per heavy atom. The van der Waals surface area contributed by atoms with E-state index in [4.69, 9.17) is 0 Å². The van der Waals surface area contributed by atoms with Gasteiger partial charge in [-0.2, -0.15) is 0 Å². The van der Waals surface area contributed by atoms with E-state index < -0.39 is 0 Å². The van der Waals surface area contributed by atoms with E-state index in [0.29, 0.717) is 6.04 Å². The van der Waals surface area contributed by atoms with Crippen LogP contribution in [0.3, 0.4) is 0 Å². The lowest BCUT2D eigenvalue weighted by Crippen LogP contribution is -2.48. The summed E-state index contributed by atoms with van der Waals surface area (Å²) in [4.78, 5) is 2.67. The zero-order valence-corrected chi connectivity index (χ0v) is 12.7. The summed E-state index contributed by atoms with van der Waals surface area (Å²) in [6.07, 6.45) is 3.66. The van der Waals surface area contributed by atoms with Crippen molar-refractivity contribution in [1.29, 1.82) is 0 Å². The third kappa shape index (κ3) is 4.32. The second-order valence-electron chi connectivity index (χ2n) is 6.45. The van der Waals surface area contributed by atoms with Crippen LogP contribution in [0.1, 0.15) is 39.2 Å². The summed E-state index contributed by atoms with van der Waals surface area (Å²) in [5.41, 5.74) is 1.74. The quantitative estimate of drug-likeness (QED) is 0.895. The summed E-state index contributed by atoms with van der Waals surface area (Å²) in [5, 5.41) is 3.58. The van der Waals surface area contributed by atoms with Gasteiger partial charge in [0.05, 0.1) is 0 Å². The molecular formula is C17H28N2. The highest BCUT2D eigenvalue weighted by Crippen LogP contribution is 2.23. The van der Waals surface area contributed by atoms with E-state index in [0.717, 1.165) is 6.54 Å². The molecule has 1 unspecified atom stereocenters. The molecule has 0 bridgehead atoms. The predicted octanol–water partition coefficient (Wildman–Crippen LogP) is 3.08. The molecule has 1 atom stereocenters. The van der Waals surface area contributed by atoms with Crippen LogP contribution >= 0.6 is 0 Å². The van der Waals surface area contributed by atoms with Crippen molar-refractivity contribution in [3.05, 3.63) is 35.9 Å². The van der Waals surface area contributed by atoms with Crippen LogP contribution in [0.4, 0.5) is 0 Å². The topological polar surface area (TPSA) is 15.3 Å². The van der Waals surface area contributed by atoms with Crippen molar-refractivity contribution >= 4 is 0 Å². The third-order valence-electron chi connectivity index (χ3n) is 4.32. The molecule has 1 N–H and O–H groups in total. The molecule has 2 nitrogen and oxygen atoms in total. The Bertz CT molecular complexity index is 372. The van der Waals surface area contributed by atoms with Crippen LogP contribution in [0.5, 0.6) is 0 Å². The number of nitrogens with zero attached hydrogens (tertiary/aromatic N) is 1. The fourth-order valence-electron chi connectivity index (χ4n) is 2.91. The van der Waals surface area contributed by atoms with Crippen LogP contribution in [0.15, 0.2) is 30.3 Å². The average Bonchev–Trinajstić information content (AvgIpc) is 2.63.